The van der Waals surface area contributed by atoms with Crippen LogP contribution in [0.25, 0.3) is 4.96 Å². The van der Waals surface area contributed by atoms with Crippen molar-refractivity contribution in [1.82, 2.24) is 19.8 Å². The fraction of sp³-hybridized carbons (Fsp3) is 0.400. The van der Waals surface area contributed by atoms with Crippen molar-refractivity contribution in [3.05, 3.63) is 39.6 Å². The van der Waals surface area contributed by atoms with Gasteiger partial charge in [-0.15, -0.1) is 15.3 Å². The number of hydrogen-bond donors (Lipinski definition) is 1. The van der Waals surface area contributed by atoms with E-state index in [-0.39, 0.29) is 6.04 Å². The third-order valence-corrected chi connectivity index (χ3v) is 6.72. The van der Waals surface area contributed by atoms with Crippen LogP contribution in [0.15, 0.2) is 22.5 Å². The fourth-order valence-electron chi connectivity index (χ4n) is 2.19. The maximum atomic E-state index is 6.27. The predicted molar refractivity (Wildman–Crippen MR) is 101 cm³/mol. The summed E-state index contributed by atoms with van der Waals surface area (Å²) in [6.07, 6.45) is 0.979. The zero-order chi connectivity index (χ0) is 17.3. The van der Waals surface area contributed by atoms with Crippen LogP contribution in [0.3, 0.4) is 0 Å². The van der Waals surface area contributed by atoms with E-state index in [0.29, 0.717) is 27.5 Å². The summed E-state index contributed by atoms with van der Waals surface area (Å²) in [7, 11) is 0. The largest absolute Gasteiger partial charge is 0.321 e. The molecule has 0 radical (unpaired) electrons. The summed E-state index contributed by atoms with van der Waals surface area (Å²) in [5.74, 6) is 1.67. The lowest BCUT2D eigenvalue weighted by molar-refractivity contribution is 0.431. The summed E-state index contributed by atoms with van der Waals surface area (Å²) in [6, 6.07) is 5.34. The van der Waals surface area contributed by atoms with Crippen molar-refractivity contribution in [1.29, 1.82) is 0 Å². The van der Waals surface area contributed by atoms with Gasteiger partial charge < -0.3 is 5.73 Å². The lowest BCUT2D eigenvalue weighted by atomic mass is 10.00. The van der Waals surface area contributed by atoms with Gasteiger partial charge in [0.05, 0.1) is 6.04 Å². The Labute approximate surface area is 158 Å². The molecular formula is C15H17Cl2N5S2. The summed E-state index contributed by atoms with van der Waals surface area (Å²) in [6.45, 7) is 4.21. The molecule has 0 bridgehead atoms. The number of thioether (sulfide) groups is 1. The zero-order valence-electron chi connectivity index (χ0n) is 13.2. The minimum absolute atomic E-state index is 0.178. The van der Waals surface area contributed by atoms with Gasteiger partial charge in [0.1, 0.15) is 0 Å². The van der Waals surface area contributed by atoms with Gasteiger partial charge in [-0.05, 0) is 23.6 Å². The topological polar surface area (TPSA) is 69.1 Å². The standard InChI is InChI=1S/C15H17Cl2N5S2/c1-3-8(2)12(18)13-19-20-14-22(13)21-15(24-14)23-7-9-10(16)5-4-6-11(9)17/h4-6,8,12H,3,7,18H2,1-2H3/t8-,12-/m0/s1. The van der Waals surface area contributed by atoms with E-state index in [1.54, 1.807) is 16.3 Å². The van der Waals surface area contributed by atoms with Crippen LogP contribution in [0.5, 0.6) is 0 Å². The molecule has 9 heteroatoms. The molecule has 0 amide bonds. The van der Waals surface area contributed by atoms with Gasteiger partial charge in [0.25, 0.3) is 0 Å². The molecule has 2 heterocycles. The fourth-order valence-corrected chi connectivity index (χ4v) is 4.82. The van der Waals surface area contributed by atoms with Gasteiger partial charge in [0.2, 0.25) is 4.96 Å². The second-order valence-corrected chi connectivity index (χ2v) is 8.51. The smallest absolute Gasteiger partial charge is 0.235 e. The van der Waals surface area contributed by atoms with Gasteiger partial charge in [0.15, 0.2) is 10.2 Å². The zero-order valence-corrected chi connectivity index (χ0v) is 16.4. The maximum Gasteiger partial charge on any atom is 0.235 e. The number of nitrogens with two attached hydrogens (primary N) is 1. The van der Waals surface area contributed by atoms with Crippen LogP contribution in [0.4, 0.5) is 0 Å². The average molecular weight is 402 g/mol. The molecule has 2 atom stereocenters. The second kappa shape index (κ2) is 7.58. The lowest BCUT2D eigenvalue weighted by Crippen LogP contribution is -2.21. The Kier molecular flexibility index (Phi) is 5.66. The van der Waals surface area contributed by atoms with Crippen LogP contribution in [0.2, 0.25) is 10.0 Å². The van der Waals surface area contributed by atoms with Crippen LogP contribution in [0.1, 0.15) is 37.7 Å². The van der Waals surface area contributed by atoms with Crippen molar-refractivity contribution in [2.24, 2.45) is 11.7 Å². The van der Waals surface area contributed by atoms with Crippen LogP contribution >= 0.6 is 46.3 Å². The first-order valence-corrected chi connectivity index (χ1v) is 10.1. The summed E-state index contributed by atoms with van der Waals surface area (Å²) in [5, 5.41) is 14.3. The molecule has 0 saturated heterocycles. The van der Waals surface area contributed by atoms with Crippen molar-refractivity contribution in [3.63, 3.8) is 0 Å². The maximum absolute atomic E-state index is 6.27. The Morgan fingerprint density at radius 2 is 2.00 bits per heavy atom. The van der Waals surface area contributed by atoms with E-state index in [1.165, 1.54) is 11.3 Å². The molecular weight excluding hydrogens is 385 g/mol. The van der Waals surface area contributed by atoms with Gasteiger partial charge in [-0.25, -0.2) is 0 Å². The molecule has 0 fully saturated rings. The van der Waals surface area contributed by atoms with E-state index < -0.39 is 0 Å². The Balaban J connectivity index is 1.81. The van der Waals surface area contributed by atoms with Gasteiger partial charge in [0, 0.05) is 15.8 Å². The highest BCUT2D eigenvalue weighted by Crippen LogP contribution is 2.34. The first-order chi connectivity index (χ1) is 11.5. The Morgan fingerprint density at radius 1 is 1.29 bits per heavy atom. The number of hydrogen-bond acceptors (Lipinski definition) is 6. The molecule has 0 aliphatic carbocycles. The molecule has 24 heavy (non-hydrogen) atoms. The molecule has 2 aromatic heterocycles. The summed E-state index contributed by atoms with van der Waals surface area (Å²) >= 11 is 15.5. The summed E-state index contributed by atoms with van der Waals surface area (Å²) in [5.41, 5.74) is 7.18. The van der Waals surface area contributed by atoms with E-state index in [4.69, 9.17) is 28.9 Å². The van der Waals surface area contributed by atoms with Crippen molar-refractivity contribution in [2.45, 2.75) is 36.4 Å². The molecule has 0 unspecified atom stereocenters. The van der Waals surface area contributed by atoms with Crippen LogP contribution in [-0.4, -0.2) is 19.8 Å². The molecule has 3 rings (SSSR count). The lowest BCUT2D eigenvalue weighted by Gasteiger charge is -2.15. The molecule has 5 nitrogen and oxygen atoms in total. The number of nitrogens with zero attached hydrogens (tertiary/aromatic N) is 4. The normalized spacial score (nSPS) is 14.2. The van der Waals surface area contributed by atoms with Gasteiger partial charge in [-0.1, -0.05) is 72.6 Å². The molecule has 0 aliphatic heterocycles. The highest BCUT2D eigenvalue weighted by Gasteiger charge is 2.22. The molecule has 1 aromatic carbocycles. The number of halogens is 2. The highest BCUT2D eigenvalue weighted by molar-refractivity contribution is 8.00. The number of benzene rings is 1. The second-order valence-electron chi connectivity index (χ2n) is 5.52. The van der Waals surface area contributed by atoms with Crippen molar-refractivity contribution in [3.8, 4) is 0 Å². The summed E-state index contributed by atoms with van der Waals surface area (Å²) < 4.78 is 2.63. The van der Waals surface area contributed by atoms with Crippen molar-refractivity contribution in [2.75, 3.05) is 0 Å². The van der Waals surface area contributed by atoms with E-state index >= 15 is 0 Å². The number of rotatable bonds is 6. The minimum atomic E-state index is -0.178. The van der Waals surface area contributed by atoms with Gasteiger partial charge in [-0.3, -0.25) is 0 Å². The van der Waals surface area contributed by atoms with E-state index in [2.05, 4.69) is 29.1 Å². The van der Waals surface area contributed by atoms with E-state index in [1.807, 2.05) is 18.2 Å². The van der Waals surface area contributed by atoms with Crippen LogP contribution in [0, 0.1) is 5.92 Å². The number of aromatic nitrogens is 4. The quantitative estimate of drug-likeness (QED) is 0.598. The Hall–Kier alpha value is -0.860. The third kappa shape index (κ3) is 3.55. The molecule has 2 N–H and O–H groups in total. The molecule has 0 spiro atoms. The van der Waals surface area contributed by atoms with Gasteiger partial charge >= 0.3 is 0 Å². The van der Waals surface area contributed by atoms with Crippen LogP contribution < -0.4 is 5.73 Å². The first kappa shape index (κ1) is 17.9. The van der Waals surface area contributed by atoms with Crippen molar-refractivity contribution >= 4 is 51.3 Å². The summed E-state index contributed by atoms with van der Waals surface area (Å²) in [4.78, 5) is 0.747. The molecule has 3 aromatic rings. The Bertz CT molecular complexity index is 827. The predicted octanol–water partition coefficient (Wildman–Crippen LogP) is 4.83. The molecule has 0 saturated carbocycles. The van der Waals surface area contributed by atoms with Gasteiger partial charge in [-0.2, -0.15) is 4.52 Å². The number of fused-ring (bicyclic) bond motifs is 1. The monoisotopic (exact) mass is 401 g/mol. The highest BCUT2D eigenvalue weighted by atomic mass is 35.5. The SMILES string of the molecule is CC[C@H](C)[C@H](N)c1nnc2sc(SCc3c(Cl)cccc3Cl)nn12. The minimum Gasteiger partial charge on any atom is -0.321 e. The van der Waals surface area contributed by atoms with E-state index in [0.717, 1.165) is 21.3 Å². The third-order valence-electron chi connectivity index (χ3n) is 3.95. The van der Waals surface area contributed by atoms with E-state index in [9.17, 15) is 0 Å². The Morgan fingerprint density at radius 3 is 2.67 bits per heavy atom. The molecule has 0 aliphatic rings. The molecule has 128 valence electrons. The van der Waals surface area contributed by atoms with Crippen molar-refractivity contribution < 1.29 is 0 Å². The first-order valence-electron chi connectivity index (χ1n) is 7.54. The average Bonchev–Trinajstić information content (AvgIpc) is 3.13. The van der Waals surface area contributed by atoms with Crippen LogP contribution in [-0.2, 0) is 5.75 Å².